The molecule has 11 heteroatoms. The van der Waals surface area contributed by atoms with Crippen molar-refractivity contribution in [1.82, 2.24) is 24.7 Å². The maximum absolute atomic E-state index is 12.4. The molecule has 0 bridgehead atoms. The average Bonchev–Trinajstić information content (AvgIpc) is 2.85. The van der Waals surface area contributed by atoms with E-state index in [1.165, 1.54) is 23.1 Å². The summed E-state index contributed by atoms with van der Waals surface area (Å²) in [6.07, 6.45) is -2.31. The van der Waals surface area contributed by atoms with E-state index in [2.05, 4.69) is 20.1 Å². The fraction of sp³-hybridized carbons (Fsp3) is 0.0833. The van der Waals surface area contributed by atoms with Gasteiger partial charge in [0.15, 0.2) is 11.6 Å². The van der Waals surface area contributed by atoms with Gasteiger partial charge in [0.05, 0.1) is 5.52 Å². The normalized spacial score (nSPS) is 11.7. The third-order valence-corrected chi connectivity index (χ3v) is 2.94. The molecule has 1 amide bonds. The van der Waals surface area contributed by atoms with Crippen molar-refractivity contribution < 1.29 is 18.0 Å². The van der Waals surface area contributed by atoms with E-state index in [4.69, 9.17) is 11.6 Å². The molecule has 0 saturated carbocycles. The van der Waals surface area contributed by atoms with Crippen molar-refractivity contribution >= 4 is 34.4 Å². The van der Waals surface area contributed by atoms with Gasteiger partial charge in [-0.1, -0.05) is 0 Å². The number of anilines is 1. The highest BCUT2D eigenvalue weighted by atomic mass is 35.5. The number of rotatable bonds is 2. The number of nitrogens with zero attached hydrogens (tertiary/aromatic N) is 5. The highest BCUT2D eigenvalue weighted by Gasteiger charge is 2.39. The Kier molecular flexibility index (Phi) is 3.60. The van der Waals surface area contributed by atoms with Crippen LogP contribution in [0.3, 0.4) is 0 Å². The summed E-state index contributed by atoms with van der Waals surface area (Å²) >= 11 is 5.70. The van der Waals surface area contributed by atoms with Crippen LogP contribution in [0.25, 0.3) is 16.9 Å². The lowest BCUT2D eigenvalue weighted by Crippen LogP contribution is -2.30. The van der Waals surface area contributed by atoms with Gasteiger partial charge in [0.2, 0.25) is 5.28 Å². The molecule has 0 aliphatic rings. The number of pyridine rings is 1. The Morgan fingerprint density at radius 2 is 2.00 bits per heavy atom. The Morgan fingerprint density at radius 3 is 2.70 bits per heavy atom. The fourth-order valence-corrected chi connectivity index (χ4v) is 1.98. The molecule has 0 unspecified atom stereocenters. The van der Waals surface area contributed by atoms with E-state index in [0.29, 0.717) is 5.52 Å². The first-order valence-electron chi connectivity index (χ1n) is 6.07. The van der Waals surface area contributed by atoms with Crippen molar-refractivity contribution in [3.05, 3.63) is 35.9 Å². The molecule has 7 nitrogen and oxygen atoms in total. The molecular formula is C12H6ClF3N6O. The minimum atomic E-state index is -5.04. The van der Waals surface area contributed by atoms with Gasteiger partial charge in [-0.05, 0) is 23.7 Å². The molecular weight excluding hydrogens is 337 g/mol. The van der Waals surface area contributed by atoms with Crippen LogP contribution in [0, 0.1) is 0 Å². The first-order chi connectivity index (χ1) is 10.9. The van der Waals surface area contributed by atoms with Gasteiger partial charge >= 0.3 is 12.1 Å². The lowest BCUT2D eigenvalue weighted by molar-refractivity contribution is -0.167. The molecule has 3 rings (SSSR count). The largest absolute Gasteiger partial charge is 0.471 e. The summed E-state index contributed by atoms with van der Waals surface area (Å²) in [5.41, 5.74) is 0.430. The van der Waals surface area contributed by atoms with E-state index in [-0.39, 0.29) is 22.4 Å². The second-order valence-electron chi connectivity index (χ2n) is 4.27. The number of fused-ring (bicyclic) bond motifs is 1. The lowest BCUT2D eigenvalue weighted by atomic mass is 10.3. The van der Waals surface area contributed by atoms with Crippen molar-refractivity contribution in [2.24, 2.45) is 0 Å². The summed E-state index contributed by atoms with van der Waals surface area (Å²) in [6, 6.07) is 4.59. The summed E-state index contributed by atoms with van der Waals surface area (Å²) in [6.45, 7) is 0. The molecule has 0 atom stereocenters. The number of halogens is 4. The van der Waals surface area contributed by atoms with Crippen molar-refractivity contribution in [3.63, 3.8) is 0 Å². The number of aromatic nitrogens is 5. The van der Waals surface area contributed by atoms with Crippen LogP contribution in [0.2, 0.25) is 5.28 Å². The molecule has 0 fully saturated rings. The van der Waals surface area contributed by atoms with Crippen molar-refractivity contribution in [3.8, 4) is 5.82 Å². The highest BCUT2D eigenvalue weighted by molar-refractivity contribution is 6.28. The van der Waals surface area contributed by atoms with Gasteiger partial charge in [0.1, 0.15) is 5.52 Å². The quantitative estimate of drug-likeness (QED) is 0.723. The summed E-state index contributed by atoms with van der Waals surface area (Å²) in [5, 5.41) is 5.56. The van der Waals surface area contributed by atoms with Gasteiger partial charge in [-0.15, -0.1) is 5.10 Å². The summed E-state index contributed by atoms with van der Waals surface area (Å²) in [7, 11) is 0. The number of hydrogen-bond acceptors (Lipinski definition) is 5. The van der Waals surface area contributed by atoms with Gasteiger partial charge in [0.25, 0.3) is 0 Å². The van der Waals surface area contributed by atoms with Crippen LogP contribution in [-0.2, 0) is 4.79 Å². The molecule has 0 aromatic carbocycles. The molecule has 0 aliphatic heterocycles. The molecule has 1 N–H and O–H groups in total. The fourth-order valence-electron chi connectivity index (χ4n) is 1.83. The van der Waals surface area contributed by atoms with Gasteiger partial charge in [-0.2, -0.15) is 18.2 Å². The van der Waals surface area contributed by atoms with Crippen LogP contribution in [-0.4, -0.2) is 36.8 Å². The number of amides is 1. The zero-order chi connectivity index (χ0) is 16.6. The van der Waals surface area contributed by atoms with E-state index in [0.717, 1.165) is 0 Å². The van der Waals surface area contributed by atoms with E-state index < -0.39 is 12.1 Å². The van der Waals surface area contributed by atoms with Crippen LogP contribution in [0.4, 0.5) is 19.0 Å². The van der Waals surface area contributed by atoms with Crippen molar-refractivity contribution in [2.45, 2.75) is 6.18 Å². The van der Waals surface area contributed by atoms with Crippen LogP contribution in [0.1, 0.15) is 0 Å². The first kappa shape index (κ1) is 15.2. The number of carbonyl (C=O) groups excluding carboxylic acids is 1. The molecule has 3 aromatic rings. The highest BCUT2D eigenvalue weighted by Crippen LogP contribution is 2.25. The van der Waals surface area contributed by atoms with Crippen molar-refractivity contribution in [2.75, 3.05) is 5.32 Å². The topological polar surface area (TPSA) is 85.6 Å². The lowest BCUT2D eigenvalue weighted by Gasteiger charge is -2.05. The second-order valence-corrected chi connectivity index (χ2v) is 4.61. The average molecular weight is 343 g/mol. The SMILES string of the molecule is O=C(Nc1nn(-c2ccnc(Cl)n2)c2cccnc12)C(F)(F)F. The van der Waals surface area contributed by atoms with E-state index in [9.17, 15) is 18.0 Å². The predicted octanol–water partition coefficient (Wildman–Crippen LogP) is 2.36. The summed E-state index contributed by atoms with van der Waals surface area (Å²) < 4.78 is 38.4. The molecule has 3 aromatic heterocycles. The summed E-state index contributed by atoms with van der Waals surface area (Å²) in [5.74, 6) is -2.26. The number of carbonyl (C=O) groups is 1. The predicted molar refractivity (Wildman–Crippen MR) is 74.1 cm³/mol. The standard InChI is InChI=1S/C12H6ClF3N6O/c13-11-18-5-3-7(19-11)22-6-2-1-4-17-8(6)9(21-22)20-10(23)12(14,15)16/h1-5H,(H,20,21,23). The molecule has 0 radical (unpaired) electrons. The minimum Gasteiger partial charge on any atom is -0.299 e. The Hall–Kier alpha value is -2.75. The number of alkyl halides is 3. The number of nitrogens with one attached hydrogen (secondary N) is 1. The van der Waals surface area contributed by atoms with Crippen LogP contribution in [0.5, 0.6) is 0 Å². The second kappa shape index (κ2) is 5.47. The Bertz CT molecular complexity index is 894. The van der Waals surface area contributed by atoms with E-state index in [1.54, 1.807) is 17.4 Å². The maximum atomic E-state index is 12.4. The Morgan fingerprint density at radius 1 is 1.22 bits per heavy atom. The third-order valence-electron chi connectivity index (χ3n) is 2.76. The molecule has 0 spiro atoms. The Balaban J connectivity index is 2.12. The maximum Gasteiger partial charge on any atom is 0.471 e. The smallest absolute Gasteiger partial charge is 0.299 e. The monoisotopic (exact) mass is 342 g/mol. The molecule has 118 valence electrons. The molecule has 0 aliphatic carbocycles. The zero-order valence-electron chi connectivity index (χ0n) is 11.0. The van der Waals surface area contributed by atoms with Crippen LogP contribution >= 0.6 is 11.6 Å². The minimum absolute atomic E-state index is 0.0593. The zero-order valence-corrected chi connectivity index (χ0v) is 11.8. The van der Waals surface area contributed by atoms with Gasteiger partial charge in [-0.3, -0.25) is 15.1 Å². The first-order valence-corrected chi connectivity index (χ1v) is 6.45. The van der Waals surface area contributed by atoms with E-state index >= 15 is 0 Å². The molecule has 3 heterocycles. The number of hydrogen-bond donors (Lipinski definition) is 1. The van der Waals surface area contributed by atoms with Crippen LogP contribution in [0.15, 0.2) is 30.6 Å². The van der Waals surface area contributed by atoms with Gasteiger partial charge < -0.3 is 0 Å². The third kappa shape index (κ3) is 2.93. The van der Waals surface area contributed by atoms with E-state index in [1.807, 2.05) is 0 Å². The molecule has 0 saturated heterocycles. The van der Waals surface area contributed by atoms with Crippen molar-refractivity contribution in [1.29, 1.82) is 0 Å². The molecule has 23 heavy (non-hydrogen) atoms. The van der Waals surface area contributed by atoms with Crippen LogP contribution < -0.4 is 5.32 Å². The Labute approximate surface area is 131 Å². The van der Waals surface area contributed by atoms with Gasteiger partial charge in [0, 0.05) is 18.5 Å². The van der Waals surface area contributed by atoms with Gasteiger partial charge in [-0.25, -0.2) is 9.67 Å². The summed E-state index contributed by atoms with van der Waals surface area (Å²) in [4.78, 5) is 22.7.